The van der Waals surface area contributed by atoms with Crippen molar-refractivity contribution in [3.05, 3.63) is 23.7 Å². The van der Waals surface area contributed by atoms with Crippen LogP contribution in [-0.2, 0) is 6.54 Å². The van der Waals surface area contributed by atoms with Gasteiger partial charge in [-0.05, 0) is 64.4 Å². The first-order valence-electron chi connectivity index (χ1n) is 7.29. The van der Waals surface area contributed by atoms with Crippen LogP contribution in [0.15, 0.2) is 16.5 Å². The Labute approximate surface area is 111 Å². The van der Waals surface area contributed by atoms with Gasteiger partial charge < -0.3 is 14.6 Å². The second-order valence-electron chi connectivity index (χ2n) is 5.36. The molecule has 1 aliphatic rings. The average molecular weight is 250 g/mol. The fourth-order valence-electron chi connectivity index (χ4n) is 2.72. The van der Waals surface area contributed by atoms with E-state index in [2.05, 4.69) is 23.2 Å². The highest BCUT2D eigenvalue weighted by Crippen LogP contribution is 2.13. The van der Waals surface area contributed by atoms with Gasteiger partial charge in [-0.2, -0.15) is 0 Å². The molecule has 0 bridgehead atoms. The van der Waals surface area contributed by atoms with Crippen molar-refractivity contribution >= 4 is 0 Å². The van der Waals surface area contributed by atoms with E-state index >= 15 is 0 Å². The molecule has 2 rings (SSSR count). The Balaban J connectivity index is 1.73. The quantitative estimate of drug-likeness (QED) is 0.871. The largest absolute Gasteiger partial charge is 0.465 e. The minimum Gasteiger partial charge on any atom is -0.465 e. The number of hydrogen-bond donors (Lipinski definition) is 1. The molecule has 1 saturated heterocycles. The topological polar surface area (TPSA) is 28.4 Å². The summed E-state index contributed by atoms with van der Waals surface area (Å²) >= 11 is 0. The molecule has 1 unspecified atom stereocenters. The van der Waals surface area contributed by atoms with Gasteiger partial charge in [0.25, 0.3) is 0 Å². The molecule has 1 fully saturated rings. The Kier molecular flexibility index (Phi) is 5.26. The van der Waals surface area contributed by atoms with Crippen LogP contribution >= 0.6 is 0 Å². The third kappa shape index (κ3) is 4.14. The van der Waals surface area contributed by atoms with Gasteiger partial charge in [-0.3, -0.25) is 0 Å². The van der Waals surface area contributed by atoms with Crippen molar-refractivity contribution in [3.8, 4) is 0 Å². The van der Waals surface area contributed by atoms with Crippen LogP contribution in [0.1, 0.15) is 44.1 Å². The van der Waals surface area contributed by atoms with Crippen molar-refractivity contribution < 1.29 is 4.42 Å². The lowest BCUT2D eigenvalue weighted by atomic mass is 10.1. The van der Waals surface area contributed by atoms with Crippen molar-refractivity contribution in [3.63, 3.8) is 0 Å². The van der Waals surface area contributed by atoms with Crippen LogP contribution < -0.4 is 5.32 Å². The van der Waals surface area contributed by atoms with Crippen LogP contribution in [0, 0.1) is 6.92 Å². The summed E-state index contributed by atoms with van der Waals surface area (Å²) in [5.74, 6) is 2.06. The van der Waals surface area contributed by atoms with Gasteiger partial charge in [0.05, 0.1) is 6.54 Å². The second kappa shape index (κ2) is 6.95. The summed E-state index contributed by atoms with van der Waals surface area (Å²) < 4.78 is 5.59. The van der Waals surface area contributed by atoms with Crippen LogP contribution in [0.4, 0.5) is 0 Å². The van der Waals surface area contributed by atoms with Crippen molar-refractivity contribution in [1.82, 2.24) is 10.2 Å². The molecule has 1 aliphatic heterocycles. The molecule has 0 spiro atoms. The predicted octanol–water partition coefficient (Wildman–Crippen LogP) is 2.94. The third-order valence-electron chi connectivity index (χ3n) is 3.72. The summed E-state index contributed by atoms with van der Waals surface area (Å²) in [5.41, 5.74) is 0. The highest BCUT2D eigenvalue weighted by atomic mass is 16.3. The molecular formula is C15H26N2O. The number of nitrogens with zero attached hydrogens (tertiary/aromatic N) is 1. The Morgan fingerprint density at radius 2 is 2.22 bits per heavy atom. The van der Waals surface area contributed by atoms with Gasteiger partial charge in [-0.1, -0.05) is 6.92 Å². The fraction of sp³-hybridized carbons (Fsp3) is 0.733. The fourth-order valence-corrected chi connectivity index (χ4v) is 2.72. The number of likely N-dealkylation sites (tertiary alicyclic amines) is 1. The highest BCUT2D eigenvalue weighted by Gasteiger charge is 2.16. The van der Waals surface area contributed by atoms with E-state index in [-0.39, 0.29) is 0 Å². The van der Waals surface area contributed by atoms with E-state index in [4.69, 9.17) is 4.42 Å². The minimum atomic E-state index is 0.650. The lowest BCUT2D eigenvalue weighted by Gasteiger charge is -2.19. The maximum atomic E-state index is 5.59. The number of hydrogen-bond acceptors (Lipinski definition) is 3. The summed E-state index contributed by atoms with van der Waals surface area (Å²) in [5, 5.41) is 3.63. The molecule has 102 valence electrons. The van der Waals surface area contributed by atoms with Gasteiger partial charge in [-0.15, -0.1) is 0 Å². The summed E-state index contributed by atoms with van der Waals surface area (Å²) in [7, 11) is 0. The Bertz CT molecular complexity index is 348. The molecule has 1 atom stereocenters. The molecule has 1 aromatic rings. The van der Waals surface area contributed by atoms with E-state index in [9.17, 15) is 0 Å². The molecule has 2 heterocycles. The van der Waals surface area contributed by atoms with Crippen molar-refractivity contribution in [2.75, 3.05) is 19.6 Å². The Morgan fingerprint density at radius 1 is 1.33 bits per heavy atom. The number of furan rings is 1. The lowest BCUT2D eigenvalue weighted by Crippen LogP contribution is -2.30. The Morgan fingerprint density at radius 3 is 2.94 bits per heavy atom. The van der Waals surface area contributed by atoms with E-state index in [0.717, 1.165) is 18.1 Å². The monoisotopic (exact) mass is 250 g/mol. The average Bonchev–Trinajstić information content (AvgIpc) is 2.64. The highest BCUT2D eigenvalue weighted by molar-refractivity contribution is 5.05. The van der Waals surface area contributed by atoms with E-state index in [1.165, 1.54) is 45.3 Å². The summed E-state index contributed by atoms with van der Waals surface area (Å²) in [6.07, 6.45) is 5.14. The molecule has 0 radical (unpaired) electrons. The van der Waals surface area contributed by atoms with Gasteiger partial charge in [-0.25, -0.2) is 0 Å². The lowest BCUT2D eigenvalue weighted by molar-refractivity contribution is 0.282. The number of rotatable bonds is 5. The van der Waals surface area contributed by atoms with Crippen molar-refractivity contribution in [2.45, 2.75) is 52.1 Å². The van der Waals surface area contributed by atoms with Crippen LogP contribution in [0.2, 0.25) is 0 Å². The number of aryl methyl sites for hydroxylation is 1. The molecule has 0 amide bonds. The van der Waals surface area contributed by atoms with E-state index in [1.807, 2.05) is 13.0 Å². The Hall–Kier alpha value is -0.800. The van der Waals surface area contributed by atoms with Crippen molar-refractivity contribution in [1.29, 1.82) is 0 Å². The SMILES string of the molecule is CCCN1CCCC(NCc2ccc(C)o2)CC1. The molecule has 0 aromatic carbocycles. The van der Waals surface area contributed by atoms with Crippen LogP contribution in [0.3, 0.4) is 0 Å². The zero-order chi connectivity index (χ0) is 12.8. The summed E-state index contributed by atoms with van der Waals surface area (Å²) in [4.78, 5) is 2.60. The molecule has 3 heteroatoms. The summed E-state index contributed by atoms with van der Waals surface area (Å²) in [6.45, 7) is 8.89. The molecule has 1 N–H and O–H groups in total. The van der Waals surface area contributed by atoms with Gasteiger partial charge in [0, 0.05) is 6.04 Å². The molecular weight excluding hydrogens is 224 g/mol. The molecule has 1 aromatic heterocycles. The van der Waals surface area contributed by atoms with E-state index in [1.54, 1.807) is 0 Å². The van der Waals surface area contributed by atoms with E-state index in [0.29, 0.717) is 6.04 Å². The number of nitrogens with one attached hydrogen (secondary N) is 1. The maximum Gasteiger partial charge on any atom is 0.117 e. The molecule has 18 heavy (non-hydrogen) atoms. The minimum absolute atomic E-state index is 0.650. The molecule has 3 nitrogen and oxygen atoms in total. The van der Waals surface area contributed by atoms with Gasteiger partial charge in [0.15, 0.2) is 0 Å². The van der Waals surface area contributed by atoms with Crippen molar-refractivity contribution in [2.24, 2.45) is 0 Å². The van der Waals surface area contributed by atoms with Crippen LogP contribution in [-0.4, -0.2) is 30.6 Å². The third-order valence-corrected chi connectivity index (χ3v) is 3.72. The molecule has 0 saturated carbocycles. The first-order chi connectivity index (χ1) is 8.78. The first-order valence-corrected chi connectivity index (χ1v) is 7.29. The molecule has 0 aliphatic carbocycles. The normalized spacial score (nSPS) is 22.0. The van der Waals surface area contributed by atoms with Gasteiger partial charge in [0.1, 0.15) is 11.5 Å². The smallest absolute Gasteiger partial charge is 0.117 e. The maximum absolute atomic E-state index is 5.59. The van der Waals surface area contributed by atoms with Gasteiger partial charge in [0.2, 0.25) is 0 Å². The van der Waals surface area contributed by atoms with Gasteiger partial charge >= 0.3 is 0 Å². The van der Waals surface area contributed by atoms with Crippen LogP contribution in [0.5, 0.6) is 0 Å². The standard InChI is InChI=1S/C15H26N2O/c1-3-9-17-10-4-5-14(8-11-17)16-12-15-7-6-13(2)18-15/h6-7,14,16H,3-5,8-12H2,1-2H3. The predicted molar refractivity (Wildman–Crippen MR) is 74.7 cm³/mol. The summed E-state index contributed by atoms with van der Waals surface area (Å²) in [6, 6.07) is 4.76. The van der Waals surface area contributed by atoms with Crippen LogP contribution in [0.25, 0.3) is 0 Å². The zero-order valence-electron chi connectivity index (χ0n) is 11.7. The zero-order valence-corrected chi connectivity index (χ0v) is 11.7. The second-order valence-corrected chi connectivity index (χ2v) is 5.36. The first kappa shape index (κ1) is 13.6. The van der Waals surface area contributed by atoms with E-state index < -0.39 is 0 Å².